The smallest absolute Gasteiger partial charge is 0.148 e. The first kappa shape index (κ1) is 14.8. The van der Waals surface area contributed by atoms with Crippen molar-refractivity contribution < 1.29 is 4.74 Å². The van der Waals surface area contributed by atoms with Crippen molar-refractivity contribution in [3.8, 4) is 11.5 Å². The van der Waals surface area contributed by atoms with E-state index in [9.17, 15) is 0 Å². The zero-order valence-corrected chi connectivity index (χ0v) is 12.8. The molecule has 1 aromatic heterocycles. The molecule has 2 rings (SSSR count). The highest BCUT2D eigenvalue weighted by atomic mass is 35.5. The fourth-order valence-electron chi connectivity index (χ4n) is 2.00. The summed E-state index contributed by atoms with van der Waals surface area (Å²) in [5.74, 6) is 1.52. The van der Waals surface area contributed by atoms with Crippen LogP contribution in [0.25, 0.3) is 0 Å². The van der Waals surface area contributed by atoms with Crippen LogP contribution >= 0.6 is 11.6 Å². The first-order chi connectivity index (χ1) is 9.63. The second-order valence-electron chi connectivity index (χ2n) is 4.64. The van der Waals surface area contributed by atoms with Crippen LogP contribution in [0, 0.1) is 6.92 Å². The molecule has 1 aromatic carbocycles. The van der Waals surface area contributed by atoms with E-state index in [-0.39, 0.29) is 0 Å². The van der Waals surface area contributed by atoms with Crippen LogP contribution in [-0.4, -0.2) is 12.0 Å². The van der Waals surface area contributed by atoms with E-state index >= 15 is 0 Å². The molecular weight excluding hydrogens is 272 g/mol. The van der Waals surface area contributed by atoms with Gasteiger partial charge in [0.1, 0.15) is 11.5 Å². The second-order valence-corrected chi connectivity index (χ2v) is 5.04. The van der Waals surface area contributed by atoms with Crippen molar-refractivity contribution in [2.24, 2.45) is 0 Å². The molecule has 0 aliphatic heterocycles. The van der Waals surface area contributed by atoms with Gasteiger partial charge >= 0.3 is 0 Å². The minimum absolute atomic E-state index is 0.704. The SMILES string of the molecule is CCc1nc(C)ccc1Oc1ccc(CNC)c(Cl)c1. The first-order valence-corrected chi connectivity index (χ1v) is 7.09. The number of nitrogens with one attached hydrogen (secondary N) is 1. The molecule has 20 heavy (non-hydrogen) atoms. The Bertz CT molecular complexity index is 599. The fraction of sp³-hybridized carbons (Fsp3) is 0.312. The summed E-state index contributed by atoms with van der Waals surface area (Å²) in [5, 5.41) is 3.79. The van der Waals surface area contributed by atoms with Crippen molar-refractivity contribution in [3.63, 3.8) is 0 Å². The monoisotopic (exact) mass is 290 g/mol. The van der Waals surface area contributed by atoms with E-state index in [1.807, 2.05) is 44.3 Å². The van der Waals surface area contributed by atoms with Gasteiger partial charge in [-0.3, -0.25) is 4.98 Å². The van der Waals surface area contributed by atoms with Crippen molar-refractivity contribution in [3.05, 3.63) is 52.3 Å². The lowest BCUT2D eigenvalue weighted by Gasteiger charge is -2.11. The summed E-state index contributed by atoms with van der Waals surface area (Å²) in [6.07, 6.45) is 0.836. The topological polar surface area (TPSA) is 34.1 Å². The quantitative estimate of drug-likeness (QED) is 0.899. The Morgan fingerprint density at radius 1 is 1.25 bits per heavy atom. The number of hydrogen-bond acceptors (Lipinski definition) is 3. The predicted octanol–water partition coefficient (Wildman–Crippen LogP) is 4.12. The number of benzene rings is 1. The standard InChI is InChI=1S/C16H19ClN2O/c1-4-15-16(8-5-11(2)19-15)20-13-7-6-12(10-18-3)14(17)9-13/h5-9,18H,4,10H2,1-3H3. The van der Waals surface area contributed by atoms with Gasteiger partial charge in [0.05, 0.1) is 5.69 Å². The molecule has 0 fully saturated rings. The summed E-state index contributed by atoms with van der Waals surface area (Å²) in [6.45, 7) is 4.79. The molecule has 0 aliphatic carbocycles. The Kier molecular flexibility index (Phi) is 4.99. The number of ether oxygens (including phenoxy) is 1. The van der Waals surface area contributed by atoms with Crippen LogP contribution in [0.3, 0.4) is 0 Å². The van der Waals surface area contributed by atoms with Crippen LogP contribution in [0.5, 0.6) is 11.5 Å². The van der Waals surface area contributed by atoms with Gasteiger partial charge in [-0.2, -0.15) is 0 Å². The van der Waals surface area contributed by atoms with Crippen molar-refractivity contribution in [2.45, 2.75) is 26.8 Å². The highest BCUT2D eigenvalue weighted by molar-refractivity contribution is 6.31. The van der Waals surface area contributed by atoms with Crippen molar-refractivity contribution >= 4 is 11.6 Å². The predicted molar refractivity (Wildman–Crippen MR) is 82.6 cm³/mol. The zero-order valence-electron chi connectivity index (χ0n) is 12.0. The van der Waals surface area contributed by atoms with Crippen LogP contribution < -0.4 is 10.1 Å². The van der Waals surface area contributed by atoms with Gasteiger partial charge < -0.3 is 10.1 Å². The van der Waals surface area contributed by atoms with Crippen LogP contribution in [0.2, 0.25) is 5.02 Å². The third-order valence-electron chi connectivity index (χ3n) is 3.03. The number of halogens is 1. The van der Waals surface area contributed by atoms with E-state index in [1.54, 1.807) is 0 Å². The van der Waals surface area contributed by atoms with Crippen LogP contribution in [0.1, 0.15) is 23.9 Å². The van der Waals surface area contributed by atoms with Gasteiger partial charge in [0, 0.05) is 17.3 Å². The molecule has 3 nitrogen and oxygen atoms in total. The van der Waals surface area contributed by atoms with E-state index in [2.05, 4.69) is 17.2 Å². The molecule has 0 radical (unpaired) electrons. The molecule has 0 atom stereocenters. The van der Waals surface area contributed by atoms with E-state index in [1.165, 1.54) is 0 Å². The number of nitrogens with zero attached hydrogens (tertiary/aromatic N) is 1. The molecule has 1 heterocycles. The molecule has 106 valence electrons. The van der Waals surface area contributed by atoms with Crippen molar-refractivity contribution in [1.82, 2.24) is 10.3 Å². The first-order valence-electron chi connectivity index (χ1n) is 6.71. The maximum Gasteiger partial charge on any atom is 0.148 e. The highest BCUT2D eigenvalue weighted by Crippen LogP contribution is 2.28. The van der Waals surface area contributed by atoms with Gasteiger partial charge in [0.15, 0.2) is 0 Å². The number of aromatic nitrogens is 1. The average Bonchev–Trinajstić information content (AvgIpc) is 2.44. The highest BCUT2D eigenvalue weighted by Gasteiger charge is 2.07. The summed E-state index contributed by atoms with van der Waals surface area (Å²) < 4.78 is 5.90. The van der Waals surface area contributed by atoms with E-state index in [0.29, 0.717) is 5.02 Å². The van der Waals surface area contributed by atoms with Gasteiger partial charge in [-0.25, -0.2) is 0 Å². The maximum absolute atomic E-state index is 6.24. The zero-order chi connectivity index (χ0) is 14.5. The van der Waals surface area contributed by atoms with Crippen molar-refractivity contribution in [2.75, 3.05) is 7.05 Å². The molecule has 0 aliphatic rings. The summed E-state index contributed by atoms with van der Waals surface area (Å²) in [6, 6.07) is 9.65. The molecule has 0 unspecified atom stereocenters. The average molecular weight is 291 g/mol. The fourth-order valence-corrected chi connectivity index (χ4v) is 2.23. The summed E-state index contributed by atoms with van der Waals surface area (Å²) >= 11 is 6.24. The van der Waals surface area contributed by atoms with Crippen LogP contribution in [0.15, 0.2) is 30.3 Å². The van der Waals surface area contributed by atoms with Gasteiger partial charge in [-0.1, -0.05) is 24.6 Å². The lowest BCUT2D eigenvalue weighted by Crippen LogP contribution is -2.05. The molecule has 2 aromatic rings. The lowest BCUT2D eigenvalue weighted by atomic mass is 10.2. The molecule has 1 N–H and O–H groups in total. The Morgan fingerprint density at radius 3 is 2.70 bits per heavy atom. The molecule has 0 spiro atoms. The lowest BCUT2D eigenvalue weighted by molar-refractivity contribution is 0.472. The maximum atomic E-state index is 6.24. The van der Waals surface area contributed by atoms with Gasteiger partial charge in [-0.05, 0) is 50.2 Å². The number of pyridine rings is 1. The Labute approximate surface area is 124 Å². The Balaban J connectivity index is 2.24. The molecule has 0 saturated carbocycles. The minimum Gasteiger partial charge on any atom is -0.455 e. The van der Waals surface area contributed by atoms with E-state index in [4.69, 9.17) is 16.3 Å². The summed E-state index contributed by atoms with van der Waals surface area (Å²) in [5.41, 5.74) is 3.01. The van der Waals surface area contributed by atoms with Gasteiger partial charge in [-0.15, -0.1) is 0 Å². The van der Waals surface area contributed by atoms with Crippen molar-refractivity contribution in [1.29, 1.82) is 0 Å². The number of hydrogen-bond donors (Lipinski definition) is 1. The molecule has 0 saturated heterocycles. The Morgan fingerprint density at radius 2 is 2.05 bits per heavy atom. The third-order valence-corrected chi connectivity index (χ3v) is 3.38. The molecular formula is C16H19ClN2O. The number of rotatable bonds is 5. The third kappa shape index (κ3) is 3.50. The normalized spacial score (nSPS) is 10.6. The summed E-state index contributed by atoms with van der Waals surface area (Å²) in [7, 11) is 1.90. The van der Waals surface area contributed by atoms with Gasteiger partial charge in [0.25, 0.3) is 0 Å². The van der Waals surface area contributed by atoms with Crippen LogP contribution in [-0.2, 0) is 13.0 Å². The molecule has 4 heteroatoms. The largest absolute Gasteiger partial charge is 0.455 e. The number of aryl methyl sites for hydroxylation is 2. The van der Waals surface area contributed by atoms with E-state index in [0.717, 1.165) is 41.4 Å². The summed E-state index contributed by atoms with van der Waals surface area (Å²) in [4.78, 5) is 4.49. The minimum atomic E-state index is 0.704. The molecule has 0 amide bonds. The Hall–Kier alpha value is -1.58. The molecule has 0 bridgehead atoms. The van der Waals surface area contributed by atoms with Crippen LogP contribution in [0.4, 0.5) is 0 Å². The second kappa shape index (κ2) is 6.73. The van der Waals surface area contributed by atoms with E-state index < -0.39 is 0 Å². The van der Waals surface area contributed by atoms with Gasteiger partial charge in [0.2, 0.25) is 0 Å².